The van der Waals surface area contributed by atoms with Crippen LogP contribution in [-0.4, -0.2) is 48.6 Å². The first-order valence-electron chi connectivity index (χ1n) is 5.74. The van der Waals surface area contributed by atoms with E-state index in [2.05, 4.69) is 30.3 Å². The van der Waals surface area contributed by atoms with Crippen molar-refractivity contribution < 1.29 is 0 Å². The minimum Gasteiger partial charge on any atom is -0.313 e. The van der Waals surface area contributed by atoms with Crippen molar-refractivity contribution in [3.8, 4) is 0 Å². The Hall–Kier alpha value is 0.270. The van der Waals surface area contributed by atoms with Crippen molar-refractivity contribution in [1.82, 2.24) is 10.2 Å². The number of nitrogens with zero attached hydrogens (tertiary/aromatic N) is 1. The molecule has 1 N–H and O–H groups in total. The Morgan fingerprint density at radius 1 is 1.57 bits per heavy atom. The van der Waals surface area contributed by atoms with E-state index in [0.29, 0.717) is 6.04 Å². The Balaban J connectivity index is 2.45. The number of thioether (sulfide) groups is 1. The molecule has 0 spiro atoms. The summed E-state index contributed by atoms with van der Waals surface area (Å²) >= 11 is 1.97. The highest BCUT2D eigenvalue weighted by molar-refractivity contribution is 7.98. The highest BCUT2D eigenvalue weighted by Gasteiger charge is 2.20. The summed E-state index contributed by atoms with van der Waals surface area (Å²) in [4.78, 5) is 2.67. The SMILES string of the molecule is CCC(CSC)N1CCCNC(C)C1. The van der Waals surface area contributed by atoms with Crippen LogP contribution in [0.5, 0.6) is 0 Å². The van der Waals surface area contributed by atoms with Gasteiger partial charge in [0.1, 0.15) is 0 Å². The van der Waals surface area contributed by atoms with Gasteiger partial charge in [-0.25, -0.2) is 0 Å². The van der Waals surface area contributed by atoms with E-state index in [1.807, 2.05) is 11.8 Å². The van der Waals surface area contributed by atoms with Crippen molar-refractivity contribution in [3.05, 3.63) is 0 Å². The first-order chi connectivity index (χ1) is 6.77. The maximum absolute atomic E-state index is 3.55. The average Bonchev–Trinajstić information content (AvgIpc) is 2.39. The van der Waals surface area contributed by atoms with Gasteiger partial charge in [0, 0.05) is 24.4 Å². The van der Waals surface area contributed by atoms with Gasteiger partial charge in [-0.15, -0.1) is 0 Å². The van der Waals surface area contributed by atoms with Gasteiger partial charge < -0.3 is 5.32 Å². The molecule has 1 heterocycles. The zero-order chi connectivity index (χ0) is 10.4. The predicted molar refractivity (Wildman–Crippen MR) is 66.1 cm³/mol. The fraction of sp³-hybridized carbons (Fsp3) is 1.00. The van der Waals surface area contributed by atoms with Crippen molar-refractivity contribution in [1.29, 1.82) is 0 Å². The van der Waals surface area contributed by atoms with E-state index >= 15 is 0 Å². The monoisotopic (exact) mass is 216 g/mol. The molecule has 0 aliphatic carbocycles. The summed E-state index contributed by atoms with van der Waals surface area (Å²) in [7, 11) is 0. The summed E-state index contributed by atoms with van der Waals surface area (Å²) in [6.07, 6.45) is 4.80. The minimum absolute atomic E-state index is 0.661. The van der Waals surface area contributed by atoms with Gasteiger partial charge in [-0.2, -0.15) is 11.8 Å². The van der Waals surface area contributed by atoms with Crippen molar-refractivity contribution in [2.75, 3.05) is 31.6 Å². The third-order valence-electron chi connectivity index (χ3n) is 2.97. The van der Waals surface area contributed by atoms with Gasteiger partial charge in [0.25, 0.3) is 0 Å². The molecule has 0 bridgehead atoms. The summed E-state index contributed by atoms with van der Waals surface area (Å²) in [6.45, 7) is 8.29. The van der Waals surface area contributed by atoms with E-state index in [1.54, 1.807) is 0 Å². The van der Waals surface area contributed by atoms with Crippen molar-refractivity contribution >= 4 is 11.8 Å². The lowest BCUT2D eigenvalue weighted by atomic mass is 10.2. The van der Waals surface area contributed by atoms with Crippen LogP contribution in [0.4, 0.5) is 0 Å². The summed E-state index contributed by atoms with van der Waals surface area (Å²) in [6, 6.07) is 1.45. The second-order valence-electron chi connectivity index (χ2n) is 4.22. The van der Waals surface area contributed by atoms with Crippen LogP contribution >= 0.6 is 11.8 Å². The van der Waals surface area contributed by atoms with Crippen molar-refractivity contribution in [2.24, 2.45) is 0 Å². The van der Waals surface area contributed by atoms with Gasteiger partial charge in [-0.3, -0.25) is 4.90 Å². The first kappa shape index (κ1) is 12.3. The normalized spacial score (nSPS) is 27.2. The van der Waals surface area contributed by atoms with Crippen LogP contribution in [-0.2, 0) is 0 Å². The highest BCUT2D eigenvalue weighted by Crippen LogP contribution is 2.12. The van der Waals surface area contributed by atoms with E-state index in [9.17, 15) is 0 Å². The van der Waals surface area contributed by atoms with E-state index in [4.69, 9.17) is 0 Å². The summed E-state index contributed by atoms with van der Waals surface area (Å²) in [5.74, 6) is 1.28. The smallest absolute Gasteiger partial charge is 0.0184 e. The lowest BCUT2D eigenvalue weighted by Gasteiger charge is -2.30. The van der Waals surface area contributed by atoms with Gasteiger partial charge in [0.15, 0.2) is 0 Å². The van der Waals surface area contributed by atoms with Crippen LogP contribution in [0.15, 0.2) is 0 Å². The van der Waals surface area contributed by atoms with Gasteiger partial charge in [-0.1, -0.05) is 6.92 Å². The molecule has 0 aromatic rings. The van der Waals surface area contributed by atoms with Crippen LogP contribution < -0.4 is 5.32 Å². The molecule has 1 aliphatic rings. The lowest BCUT2D eigenvalue weighted by molar-refractivity contribution is 0.207. The van der Waals surface area contributed by atoms with Crippen LogP contribution in [0, 0.1) is 0 Å². The molecule has 1 aliphatic heterocycles. The summed E-state index contributed by atoms with van der Waals surface area (Å²) in [5, 5.41) is 3.55. The molecule has 1 fully saturated rings. The molecule has 14 heavy (non-hydrogen) atoms. The zero-order valence-corrected chi connectivity index (χ0v) is 10.6. The Morgan fingerprint density at radius 3 is 3.00 bits per heavy atom. The topological polar surface area (TPSA) is 15.3 Å². The molecule has 3 heteroatoms. The van der Waals surface area contributed by atoms with Crippen molar-refractivity contribution in [3.63, 3.8) is 0 Å². The van der Waals surface area contributed by atoms with E-state index < -0.39 is 0 Å². The predicted octanol–water partition coefficient (Wildman–Crippen LogP) is 1.81. The first-order valence-corrected chi connectivity index (χ1v) is 7.13. The molecule has 84 valence electrons. The Labute approximate surface area is 92.8 Å². The fourth-order valence-corrected chi connectivity index (χ4v) is 2.97. The van der Waals surface area contributed by atoms with Gasteiger partial charge >= 0.3 is 0 Å². The van der Waals surface area contributed by atoms with E-state index in [-0.39, 0.29) is 0 Å². The van der Waals surface area contributed by atoms with E-state index in [1.165, 1.54) is 38.2 Å². The van der Waals surface area contributed by atoms with Gasteiger partial charge in [-0.05, 0) is 39.1 Å². The van der Waals surface area contributed by atoms with Crippen LogP contribution in [0.25, 0.3) is 0 Å². The largest absolute Gasteiger partial charge is 0.313 e. The second-order valence-corrected chi connectivity index (χ2v) is 5.13. The summed E-state index contributed by atoms with van der Waals surface area (Å²) in [5.41, 5.74) is 0. The minimum atomic E-state index is 0.661. The number of nitrogens with one attached hydrogen (secondary N) is 1. The van der Waals surface area contributed by atoms with Gasteiger partial charge in [0.2, 0.25) is 0 Å². The molecular formula is C11H24N2S. The molecule has 0 saturated carbocycles. The zero-order valence-electron chi connectivity index (χ0n) is 9.75. The molecule has 0 aromatic heterocycles. The number of rotatable bonds is 4. The molecule has 2 atom stereocenters. The van der Waals surface area contributed by atoms with Crippen LogP contribution in [0.3, 0.4) is 0 Å². The quantitative estimate of drug-likeness (QED) is 0.771. The van der Waals surface area contributed by atoms with Crippen LogP contribution in [0.2, 0.25) is 0 Å². The molecule has 2 unspecified atom stereocenters. The molecule has 0 aromatic carbocycles. The Bertz CT molecular complexity index is 152. The molecule has 2 nitrogen and oxygen atoms in total. The maximum Gasteiger partial charge on any atom is 0.0184 e. The molecular weight excluding hydrogens is 192 g/mol. The third-order valence-corrected chi connectivity index (χ3v) is 3.69. The standard InChI is InChI=1S/C11H24N2S/c1-4-11(9-14-3)13-7-5-6-12-10(2)8-13/h10-12H,4-9H2,1-3H3. The number of hydrogen-bond acceptors (Lipinski definition) is 3. The van der Waals surface area contributed by atoms with Crippen molar-refractivity contribution in [2.45, 2.75) is 38.8 Å². The van der Waals surface area contributed by atoms with E-state index in [0.717, 1.165) is 6.04 Å². The summed E-state index contributed by atoms with van der Waals surface area (Å²) < 4.78 is 0. The fourth-order valence-electron chi connectivity index (χ4n) is 2.14. The Morgan fingerprint density at radius 2 is 2.36 bits per heavy atom. The molecule has 0 radical (unpaired) electrons. The average molecular weight is 216 g/mol. The Kier molecular flexibility index (Phi) is 5.90. The number of hydrogen-bond donors (Lipinski definition) is 1. The molecule has 1 saturated heterocycles. The second kappa shape index (κ2) is 6.70. The molecule has 1 rings (SSSR count). The lowest BCUT2D eigenvalue weighted by Crippen LogP contribution is -2.42. The van der Waals surface area contributed by atoms with Gasteiger partial charge in [0.05, 0.1) is 0 Å². The molecule has 0 amide bonds. The van der Waals surface area contributed by atoms with Crippen LogP contribution in [0.1, 0.15) is 26.7 Å². The maximum atomic E-state index is 3.55. The third kappa shape index (κ3) is 3.79. The highest BCUT2D eigenvalue weighted by atomic mass is 32.2.